The Bertz CT molecular complexity index is 879. The molecule has 0 saturated carbocycles. The number of likely N-dealkylation sites (tertiary alicyclic amines) is 1. The number of thiophene rings is 1. The van der Waals surface area contributed by atoms with Crippen LogP contribution < -0.4 is 10.0 Å². The number of nitrogens with one attached hydrogen (secondary N) is 2. The van der Waals surface area contributed by atoms with Gasteiger partial charge in [0.1, 0.15) is 10.0 Å². The molecule has 0 bridgehead atoms. The Kier molecular flexibility index (Phi) is 6.25. The quantitative estimate of drug-likeness (QED) is 0.766. The predicted molar refractivity (Wildman–Crippen MR) is 104 cm³/mol. The lowest BCUT2D eigenvalue weighted by Gasteiger charge is -2.35. The summed E-state index contributed by atoms with van der Waals surface area (Å²) in [6.07, 6.45) is 1.23. The van der Waals surface area contributed by atoms with Gasteiger partial charge in [-0.05, 0) is 43.3 Å². The Morgan fingerprint density at radius 3 is 2.56 bits per heavy atom. The smallest absolute Gasteiger partial charge is 0.250 e. The zero-order valence-corrected chi connectivity index (χ0v) is 16.5. The zero-order chi connectivity index (χ0) is 19.4. The topological polar surface area (TPSA) is 78.5 Å². The third-order valence-corrected chi connectivity index (χ3v) is 7.59. The molecule has 2 N–H and O–H groups in total. The molecule has 1 unspecified atom stereocenters. The standard InChI is InChI=1S/C18H22FN3O3S2/c1-13(18(23)20-16-6-3-2-5-15(16)19)22-10-8-14(9-11-22)21-27(24,25)17-7-4-12-26-17/h2-7,12-14,21H,8-11H2,1H3,(H,20,23). The molecule has 0 aliphatic carbocycles. The van der Waals surface area contributed by atoms with E-state index in [4.69, 9.17) is 0 Å². The molecule has 1 saturated heterocycles. The molecular formula is C18H22FN3O3S2. The Morgan fingerprint density at radius 1 is 1.22 bits per heavy atom. The van der Waals surface area contributed by atoms with E-state index in [1.54, 1.807) is 36.6 Å². The van der Waals surface area contributed by atoms with E-state index in [1.807, 2.05) is 4.90 Å². The van der Waals surface area contributed by atoms with Crippen molar-refractivity contribution >= 4 is 33.0 Å². The van der Waals surface area contributed by atoms with E-state index >= 15 is 0 Å². The number of hydrogen-bond donors (Lipinski definition) is 2. The molecule has 1 aromatic carbocycles. The van der Waals surface area contributed by atoms with Gasteiger partial charge in [0.15, 0.2) is 0 Å². The van der Waals surface area contributed by atoms with Crippen LogP contribution in [0.3, 0.4) is 0 Å². The van der Waals surface area contributed by atoms with Gasteiger partial charge in [-0.1, -0.05) is 18.2 Å². The fourth-order valence-electron chi connectivity index (χ4n) is 3.06. The lowest BCUT2D eigenvalue weighted by atomic mass is 10.0. The van der Waals surface area contributed by atoms with Crippen molar-refractivity contribution < 1.29 is 17.6 Å². The number of para-hydroxylation sites is 1. The predicted octanol–water partition coefficient (Wildman–Crippen LogP) is 2.66. The van der Waals surface area contributed by atoms with Crippen LogP contribution in [0.25, 0.3) is 0 Å². The van der Waals surface area contributed by atoms with E-state index in [0.717, 1.165) is 0 Å². The first-order valence-electron chi connectivity index (χ1n) is 8.72. The zero-order valence-electron chi connectivity index (χ0n) is 14.9. The van der Waals surface area contributed by atoms with Crippen LogP contribution in [0, 0.1) is 5.82 Å². The highest BCUT2D eigenvalue weighted by atomic mass is 32.2. The lowest BCUT2D eigenvalue weighted by molar-refractivity contribution is -0.121. The average Bonchev–Trinajstić information content (AvgIpc) is 3.19. The second-order valence-corrected chi connectivity index (χ2v) is 9.40. The molecule has 0 spiro atoms. The van der Waals surface area contributed by atoms with E-state index in [2.05, 4.69) is 10.0 Å². The highest BCUT2D eigenvalue weighted by molar-refractivity contribution is 7.91. The molecule has 0 radical (unpaired) electrons. The minimum Gasteiger partial charge on any atom is -0.322 e. The van der Waals surface area contributed by atoms with E-state index in [1.165, 1.54) is 23.5 Å². The number of carbonyl (C=O) groups excluding carboxylic acids is 1. The van der Waals surface area contributed by atoms with Gasteiger partial charge in [-0.25, -0.2) is 17.5 Å². The van der Waals surface area contributed by atoms with E-state index < -0.39 is 21.9 Å². The Morgan fingerprint density at radius 2 is 1.93 bits per heavy atom. The molecule has 1 atom stereocenters. The monoisotopic (exact) mass is 411 g/mol. The summed E-state index contributed by atoms with van der Waals surface area (Å²) in [6, 6.07) is 8.74. The summed E-state index contributed by atoms with van der Waals surface area (Å²) in [6.45, 7) is 2.94. The van der Waals surface area contributed by atoms with Crippen molar-refractivity contribution in [1.29, 1.82) is 0 Å². The molecular weight excluding hydrogens is 389 g/mol. The van der Waals surface area contributed by atoms with Gasteiger partial charge in [0.05, 0.1) is 11.7 Å². The van der Waals surface area contributed by atoms with Gasteiger partial charge in [-0.15, -0.1) is 11.3 Å². The number of sulfonamides is 1. The van der Waals surface area contributed by atoms with E-state index in [9.17, 15) is 17.6 Å². The third-order valence-electron chi connectivity index (χ3n) is 4.67. The molecule has 1 aromatic heterocycles. The Hall–Kier alpha value is -1.81. The van der Waals surface area contributed by atoms with Gasteiger partial charge in [0.2, 0.25) is 15.9 Å². The maximum Gasteiger partial charge on any atom is 0.250 e. The summed E-state index contributed by atoms with van der Waals surface area (Å²) >= 11 is 1.19. The minimum absolute atomic E-state index is 0.157. The SMILES string of the molecule is CC(C(=O)Nc1ccccc1F)N1CCC(NS(=O)(=O)c2cccs2)CC1. The first-order valence-corrected chi connectivity index (χ1v) is 11.1. The summed E-state index contributed by atoms with van der Waals surface area (Å²) in [7, 11) is -3.49. The number of piperidine rings is 1. The van der Waals surface area contributed by atoms with Crippen molar-refractivity contribution in [2.24, 2.45) is 0 Å². The second-order valence-electron chi connectivity index (χ2n) is 6.51. The fourth-order valence-corrected chi connectivity index (χ4v) is 5.38. The van der Waals surface area contributed by atoms with Crippen LogP contribution in [0.1, 0.15) is 19.8 Å². The molecule has 27 heavy (non-hydrogen) atoms. The van der Waals surface area contributed by atoms with Gasteiger partial charge in [0, 0.05) is 19.1 Å². The summed E-state index contributed by atoms with van der Waals surface area (Å²) in [5, 5.41) is 4.34. The lowest BCUT2D eigenvalue weighted by Crippen LogP contribution is -2.50. The van der Waals surface area contributed by atoms with Crippen LogP contribution in [0.5, 0.6) is 0 Å². The van der Waals surface area contributed by atoms with Gasteiger partial charge < -0.3 is 5.32 Å². The number of hydrogen-bond acceptors (Lipinski definition) is 5. The molecule has 2 heterocycles. The van der Waals surface area contributed by atoms with Gasteiger partial charge in [-0.3, -0.25) is 9.69 Å². The number of amides is 1. The average molecular weight is 412 g/mol. The maximum atomic E-state index is 13.7. The number of benzene rings is 1. The molecule has 1 aliphatic heterocycles. The Balaban J connectivity index is 1.52. The van der Waals surface area contributed by atoms with Crippen LogP contribution >= 0.6 is 11.3 Å². The van der Waals surface area contributed by atoms with Crippen LogP contribution in [0.2, 0.25) is 0 Å². The van der Waals surface area contributed by atoms with E-state index in [-0.39, 0.29) is 17.6 Å². The molecule has 2 aromatic rings. The number of halogens is 1. The normalized spacial score (nSPS) is 17.6. The van der Waals surface area contributed by atoms with Gasteiger partial charge >= 0.3 is 0 Å². The second kappa shape index (κ2) is 8.47. The molecule has 6 nitrogen and oxygen atoms in total. The number of rotatable bonds is 6. The number of anilines is 1. The van der Waals surface area contributed by atoms with Crippen molar-refractivity contribution in [3.05, 3.63) is 47.6 Å². The van der Waals surface area contributed by atoms with Crippen molar-refractivity contribution in [2.75, 3.05) is 18.4 Å². The van der Waals surface area contributed by atoms with Crippen LogP contribution in [-0.4, -0.2) is 44.4 Å². The summed E-state index contributed by atoms with van der Waals surface area (Å²) in [4.78, 5) is 14.4. The van der Waals surface area contributed by atoms with Crippen LogP contribution in [0.4, 0.5) is 10.1 Å². The summed E-state index contributed by atoms with van der Waals surface area (Å²) < 4.78 is 41.3. The molecule has 1 aliphatic rings. The summed E-state index contributed by atoms with van der Waals surface area (Å²) in [5.41, 5.74) is 0.160. The third kappa shape index (κ3) is 4.92. The van der Waals surface area contributed by atoms with Crippen LogP contribution in [-0.2, 0) is 14.8 Å². The first kappa shape index (κ1) is 19.9. The number of carbonyl (C=O) groups is 1. The molecule has 3 rings (SSSR count). The first-order chi connectivity index (χ1) is 12.9. The Labute approximate surface area is 162 Å². The fraction of sp³-hybridized carbons (Fsp3) is 0.389. The maximum absolute atomic E-state index is 13.7. The summed E-state index contributed by atoms with van der Waals surface area (Å²) in [5.74, 6) is -0.752. The van der Waals surface area contributed by atoms with Gasteiger partial charge in [0.25, 0.3) is 0 Å². The largest absolute Gasteiger partial charge is 0.322 e. The molecule has 1 amide bonds. The van der Waals surface area contributed by atoms with Crippen molar-refractivity contribution in [3.63, 3.8) is 0 Å². The molecule has 9 heteroatoms. The van der Waals surface area contributed by atoms with Crippen LogP contribution in [0.15, 0.2) is 46.0 Å². The highest BCUT2D eigenvalue weighted by Crippen LogP contribution is 2.20. The van der Waals surface area contributed by atoms with Gasteiger partial charge in [-0.2, -0.15) is 0 Å². The molecule has 146 valence electrons. The van der Waals surface area contributed by atoms with Crippen molar-refractivity contribution in [2.45, 2.75) is 36.1 Å². The van der Waals surface area contributed by atoms with E-state index in [0.29, 0.717) is 30.1 Å². The minimum atomic E-state index is -3.49. The van der Waals surface area contributed by atoms with Crippen molar-refractivity contribution in [3.8, 4) is 0 Å². The molecule has 1 fully saturated rings. The number of nitrogens with zero attached hydrogens (tertiary/aromatic N) is 1. The highest BCUT2D eigenvalue weighted by Gasteiger charge is 2.29. The van der Waals surface area contributed by atoms with Crippen molar-refractivity contribution in [1.82, 2.24) is 9.62 Å².